The monoisotopic (exact) mass is 407 g/mol. The first-order valence-corrected chi connectivity index (χ1v) is 10.7. The Morgan fingerprint density at radius 1 is 1.14 bits per heavy atom. The first kappa shape index (κ1) is 20.0. The van der Waals surface area contributed by atoms with E-state index in [9.17, 15) is 27.6 Å². The number of rotatable bonds is 6. The smallest absolute Gasteiger partial charge is 0.292 e. The highest BCUT2D eigenvalue weighted by atomic mass is 32.2. The SMILES string of the molecule is CCCN1C(=O)C(=O)N(CC(=O)c2ccc3c(c2)C[C@H](C)N3S(C)(=O)=O)C1=O. The van der Waals surface area contributed by atoms with Crippen LogP contribution in [-0.2, 0) is 26.0 Å². The van der Waals surface area contributed by atoms with Crippen molar-refractivity contribution in [2.45, 2.75) is 32.7 Å². The summed E-state index contributed by atoms with van der Waals surface area (Å²) in [6.45, 7) is 3.13. The Morgan fingerprint density at radius 2 is 1.79 bits per heavy atom. The van der Waals surface area contributed by atoms with Gasteiger partial charge in [0, 0.05) is 18.2 Å². The lowest BCUT2D eigenvalue weighted by Crippen LogP contribution is -2.37. The molecule has 28 heavy (non-hydrogen) atoms. The fourth-order valence-corrected chi connectivity index (χ4v) is 4.89. The third-order valence-electron chi connectivity index (χ3n) is 4.80. The Hall–Kier alpha value is -2.75. The average molecular weight is 407 g/mol. The van der Waals surface area contributed by atoms with E-state index in [2.05, 4.69) is 0 Å². The van der Waals surface area contributed by atoms with Gasteiger partial charge in [-0.1, -0.05) is 6.92 Å². The minimum Gasteiger partial charge on any atom is -0.292 e. The molecular formula is C18H21N3O6S. The second kappa shape index (κ2) is 7.01. The minimum atomic E-state index is -3.44. The van der Waals surface area contributed by atoms with E-state index in [-0.39, 0.29) is 18.2 Å². The number of imide groups is 2. The standard InChI is InChI=1S/C18H21N3O6S/c1-4-7-19-16(23)17(24)20(18(19)25)10-15(22)12-5-6-14-13(9-12)8-11(2)21(14)28(3,26)27/h5-6,9,11H,4,7-8,10H2,1-3H3/t11-/m0/s1. The van der Waals surface area contributed by atoms with Gasteiger partial charge in [-0.2, -0.15) is 0 Å². The van der Waals surface area contributed by atoms with Gasteiger partial charge in [0.2, 0.25) is 10.0 Å². The van der Waals surface area contributed by atoms with E-state index < -0.39 is 40.2 Å². The van der Waals surface area contributed by atoms with E-state index in [0.717, 1.165) is 11.2 Å². The number of amides is 4. The number of benzene rings is 1. The zero-order valence-electron chi connectivity index (χ0n) is 15.8. The number of carbonyl (C=O) groups excluding carboxylic acids is 4. The van der Waals surface area contributed by atoms with Crippen molar-refractivity contribution in [1.82, 2.24) is 9.80 Å². The van der Waals surface area contributed by atoms with Crippen LogP contribution in [0.5, 0.6) is 0 Å². The van der Waals surface area contributed by atoms with Gasteiger partial charge in [-0.15, -0.1) is 0 Å². The summed E-state index contributed by atoms with van der Waals surface area (Å²) in [5.74, 6) is -2.43. The van der Waals surface area contributed by atoms with E-state index >= 15 is 0 Å². The first-order chi connectivity index (χ1) is 13.1. The van der Waals surface area contributed by atoms with E-state index in [0.29, 0.717) is 29.0 Å². The largest absolute Gasteiger partial charge is 0.334 e. The van der Waals surface area contributed by atoms with Crippen LogP contribution in [0, 0.1) is 0 Å². The van der Waals surface area contributed by atoms with Crippen LogP contribution < -0.4 is 4.31 Å². The fraction of sp³-hybridized carbons (Fsp3) is 0.444. The van der Waals surface area contributed by atoms with E-state index in [1.54, 1.807) is 26.0 Å². The quantitative estimate of drug-likeness (QED) is 0.391. The van der Waals surface area contributed by atoms with Gasteiger partial charge < -0.3 is 0 Å². The molecule has 2 aliphatic heterocycles. The molecule has 1 aromatic carbocycles. The second-order valence-corrected chi connectivity index (χ2v) is 8.87. The van der Waals surface area contributed by atoms with Crippen LogP contribution >= 0.6 is 0 Å². The van der Waals surface area contributed by atoms with Gasteiger partial charge in [-0.05, 0) is 43.5 Å². The van der Waals surface area contributed by atoms with Crippen LogP contribution in [0.25, 0.3) is 0 Å². The Kier molecular flexibility index (Phi) is 5.00. The first-order valence-electron chi connectivity index (χ1n) is 8.89. The van der Waals surface area contributed by atoms with Gasteiger partial charge in [-0.3, -0.25) is 23.6 Å². The van der Waals surface area contributed by atoms with Gasteiger partial charge in [0.25, 0.3) is 0 Å². The summed E-state index contributed by atoms with van der Waals surface area (Å²) >= 11 is 0. The predicted molar refractivity (Wildman–Crippen MR) is 100 cm³/mol. The summed E-state index contributed by atoms with van der Waals surface area (Å²) in [4.78, 5) is 50.3. The maximum Gasteiger partial charge on any atom is 0.334 e. The number of urea groups is 1. The van der Waals surface area contributed by atoms with E-state index in [1.165, 1.54) is 10.4 Å². The highest BCUT2D eigenvalue weighted by molar-refractivity contribution is 7.92. The molecule has 1 fully saturated rings. The molecule has 3 rings (SSSR count). The molecule has 0 bridgehead atoms. The number of sulfonamides is 1. The summed E-state index contributed by atoms with van der Waals surface area (Å²) in [5.41, 5.74) is 1.47. The molecule has 1 aromatic rings. The zero-order valence-corrected chi connectivity index (χ0v) is 16.7. The minimum absolute atomic E-state index is 0.117. The van der Waals surface area contributed by atoms with Gasteiger partial charge >= 0.3 is 17.8 Å². The maximum absolute atomic E-state index is 12.6. The number of anilines is 1. The number of nitrogens with zero attached hydrogens (tertiary/aromatic N) is 3. The summed E-state index contributed by atoms with van der Waals surface area (Å²) in [6.07, 6.45) is 2.08. The van der Waals surface area contributed by atoms with Crippen LogP contribution in [0.3, 0.4) is 0 Å². The maximum atomic E-state index is 12.6. The third kappa shape index (κ3) is 3.28. The summed E-state index contributed by atoms with van der Waals surface area (Å²) in [7, 11) is -3.44. The Labute approximate surface area is 162 Å². The van der Waals surface area contributed by atoms with Gasteiger partial charge in [0.15, 0.2) is 5.78 Å². The number of carbonyl (C=O) groups is 4. The molecule has 0 saturated carbocycles. The lowest BCUT2D eigenvalue weighted by atomic mass is 10.0. The molecule has 0 aliphatic carbocycles. The van der Waals surface area contributed by atoms with Crippen LogP contribution in [0.4, 0.5) is 10.5 Å². The van der Waals surface area contributed by atoms with Crippen molar-refractivity contribution in [2.24, 2.45) is 0 Å². The molecule has 150 valence electrons. The summed E-state index contributed by atoms with van der Waals surface area (Å²) in [6, 6.07) is 3.54. The number of ketones is 1. The molecule has 2 heterocycles. The lowest BCUT2D eigenvalue weighted by Gasteiger charge is -2.22. The molecule has 0 aromatic heterocycles. The number of hydrogen-bond acceptors (Lipinski definition) is 6. The van der Waals surface area contributed by atoms with Crippen molar-refractivity contribution in [3.8, 4) is 0 Å². The number of fused-ring (bicyclic) bond motifs is 1. The number of Topliss-reactive ketones (excluding diaryl/α,β-unsaturated/α-hetero) is 1. The third-order valence-corrected chi connectivity index (χ3v) is 6.07. The fourth-order valence-electron chi connectivity index (χ4n) is 3.63. The molecule has 2 aliphatic rings. The second-order valence-electron chi connectivity index (χ2n) is 7.01. The molecule has 0 radical (unpaired) electrons. The van der Waals surface area contributed by atoms with Crippen molar-refractivity contribution < 1.29 is 27.6 Å². The summed E-state index contributed by atoms with van der Waals surface area (Å²) in [5, 5.41) is 0. The molecule has 9 nitrogen and oxygen atoms in total. The summed E-state index contributed by atoms with van der Waals surface area (Å²) < 4.78 is 25.3. The predicted octanol–water partition coefficient (Wildman–Crippen LogP) is 0.781. The van der Waals surface area contributed by atoms with Gasteiger partial charge in [0.1, 0.15) is 0 Å². The molecule has 4 amide bonds. The van der Waals surface area contributed by atoms with Crippen molar-refractivity contribution in [2.75, 3.05) is 23.7 Å². The van der Waals surface area contributed by atoms with Crippen molar-refractivity contribution in [3.05, 3.63) is 29.3 Å². The lowest BCUT2D eigenvalue weighted by molar-refractivity contribution is -0.143. The topological polar surface area (TPSA) is 112 Å². The molecule has 0 unspecified atom stereocenters. The van der Waals surface area contributed by atoms with Crippen molar-refractivity contribution in [1.29, 1.82) is 0 Å². The average Bonchev–Trinajstić information content (AvgIpc) is 3.05. The molecule has 1 atom stereocenters. The van der Waals surface area contributed by atoms with Crippen molar-refractivity contribution in [3.63, 3.8) is 0 Å². The Bertz CT molecular complexity index is 987. The Balaban J connectivity index is 1.82. The van der Waals surface area contributed by atoms with Gasteiger partial charge in [-0.25, -0.2) is 18.1 Å². The van der Waals surface area contributed by atoms with Crippen LogP contribution in [-0.4, -0.2) is 67.2 Å². The highest BCUT2D eigenvalue weighted by Crippen LogP contribution is 2.34. The highest BCUT2D eigenvalue weighted by Gasteiger charge is 2.44. The molecule has 0 N–H and O–H groups in total. The molecule has 1 saturated heterocycles. The van der Waals surface area contributed by atoms with Gasteiger partial charge in [0.05, 0.1) is 18.5 Å². The zero-order chi connectivity index (χ0) is 20.8. The van der Waals surface area contributed by atoms with E-state index in [4.69, 9.17) is 0 Å². The number of hydrogen-bond donors (Lipinski definition) is 0. The molecule has 0 spiro atoms. The van der Waals surface area contributed by atoms with Crippen LogP contribution in [0.15, 0.2) is 18.2 Å². The van der Waals surface area contributed by atoms with Crippen LogP contribution in [0.2, 0.25) is 0 Å². The Morgan fingerprint density at radius 3 is 2.39 bits per heavy atom. The normalized spacial score (nSPS) is 19.6. The van der Waals surface area contributed by atoms with E-state index in [1.807, 2.05) is 0 Å². The van der Waals surface area contributed by atoms with Crippen molar-refractivity contribution >= 4 is 39.3 Å². The molecule has 10 heteroatoms. The molecular weight excluding hydrogens is 386 g/mol. The van der Waals surface area contributed by atoms with Crippen LogP contribution in [0.1, 0.15) is 36.2 Å².